The van der Waals surface area contributed by atoms with Crippen LogP contribution in [0.15, 0.2) is 34.7 Å². The molecule has 0 radical (unpaired) electrons. The van der Waals surface area contributed by atoms with E-state index in [0.29, 0.717) is 0 Å². The third-order valence-electron chi connectivity index (χ3n) is 3.75. The maximum absolute atomic E-state index is 13.8. The summed E-state index contributed by atoms with van der Waals surface area (Å²) in [6.45, 7) is 0.848. The number of hydrogen-bond donors (Lipinski definition) is 0. The minimum atomic E-state index is -2.98. The number of rotatable bonds is 5. The molecule has 1 fully saturated rings. The van der Waals surface area contributed by atoms with Gasteiger partial charge in [0.2, 0.25) is 17.7 Å². The van der Waals surface area contributed by atoms with Crippen molar-refractivity contribution in [2.45, 2.75) is 31.9 Å². The summed E-state index contributed by atoms with van der Waals surface area (Å²) in [4.78, 5) is 13.3. The van der Waals surface area contributed by atoms with Crippen molar-refractivity contribution in [1.29, 1.82) is 0 Å². The van der Waals surface area contributed by atoms with Crippen molar-refractivity contribution in [3.8, 4) is 0 Å². The van der Waals surface area contributed by atoms with E-state index in [-0.39, 0.29) is 25.0 Å². The van der Waals surface area contributed by atoms with Gasteiger partial charge < -0.3 is 14.1 Å². The predicted molar refractivity (Wildman–Crippen MR) is 79.2 cm³/mol. The Balaban J connectivity index is 1.63. The Kier molecular flexibility index (Phi) is 4.57. The number of alkyl halides is 2. The Morgan fingerprint density at radius 2 is 2.12 bits per heavy atom. The summed E-state index contributed by atoms with van der Waals surface area (Å²) in [5.41, 5.74) is 0.904. The molecule has 0 unspecified atom stereocenters. The van der Waals surface area contributed by atoms with E-state index in [1.165, 1.54) is 0 Å². The van der Waals surface area contributed by atoms with Crippen LogP contribution in [0.5, 0.6) is 0 Å². The van der Waals surface area contributed by atoms with Gasteiger partial charge in [-0.25, -0.2) is 8.78 Å². The first-order valence-corrected chi connectivity index (χ1v) is 7.53. The number of carbonyl (C=O) groups excluding carboxylic acids is 1. The minimum Gasteiger partial charge on any atom is -0.423 e. The fraction of sp³-hybridized carbons (Fsp3) is 0.438. The summed E-state index contributed by atoms with van der Waals surface area (Å²) < 4.78 is 38.1. The van der Waals surface area contributed by atoms with E-state index in [1.54, 1.807) is 6.92 Å². The highest BCUT2D eigenvalue weighted by Crippen LogP contribution is 2.40. The lowest BCUT2D eigenvalue weighted by molar-refractivity contribution is -0.139. The molecule has 0 aliphatic carbocycles. The van der Waals surface area contributed by atoms with Crippen molar-refractivity contribution in [3.05, 3.63) is 47.7 Å². The lowest BCUT2D eigenvalue weighted by atomic mass is 10.2. The number of ether oxygens (including phenoxy) is 1. The number of aryl methyl sites for hydroxylation is 1. The van der Waals surface area contributed by atoms with Gasteiger partial charge in [-0.05, 0) is 5.56 Å². The van der Waals surface area contributed by atoms with E-state index in [0.717, 1.165) is 10.5 Å². The largest absolute Gasteiger partial charge is 0.423 e. The Morgan fingerprint density at radius 1 is 1.38 bits per heavy atom. The normalized spacial score (nSPS) is 19.6. The molecule has 0 bridgehead atoms. The van der Waals surface area contributed by atoms with Crippen LogP contribution in [0.2, 0.25) is 0 Å². The fourth-order valence-electron chi connectivity index (χ4n) is 2.66. The second-order valence-electron chi connectivity index (χ2n) is 5.74. The van der Waals surface area contributed by atoms with Crippen LogP contribution in [0.3, 0.4) is 0 Å². The van der Waals surface area contributed by atoms with Gasteiger partial charge in [0.15, 0.2) is 0 Å². The molecule has 24 heavy (non-hydrogen) atoms. The minimum absolute atomic E-state index is 0.0288. The Bertz CT molecular complexity index is 706. The van der Waals surface area contributed by atoms with Gasteiger partial charge in [0.05, 0.1) is 13.2 Å². The van der Waals surface area contributed by atoms with Gasteiger partial charge in [0.1, 0.15) is 12.6 Å². The fourth-order valence-corrected chi connectivity index (χ4v) is 2.66. The molecular weight excluding hydrogens is 320 g/mol. The number of carbonyl (C=O) groups is 1. The molecule has 1 aliphatic heterocycles. The zero-order valence-corrected chi connectivity index (χ0v) is 13.1. The van der Waals surface area contributed by atoms with Gasteiger partial charge in [-0.2, -0.15) is 0 Å². The van der Waals surface area contributed by atoms with Crippen molar-refractivity contribution in [2.24, 2.45) is 0 Å². The Hall–Kier alpha value is -2.35. The number of amides is 1. The van der Waals surface area contributed by atoms with Crippen molar-refractivity contribution >= 4 is 5.91 Å². The average Bonchev–Trinajstić information content (AvgIpc) is 3.11. The third-order valence-corrected chi connectivity index (χ3v) is 3.75. The molecular formula is C16H17F2N3O3. The van der Waals surface area contributed by atoms with E-state index in [9.17, 15) is 13.6 Å². The number of halogens is 2. The molecule has 1 amide bonds. The molecule has 1 aromatic heterocycles. The number of aromatic nitrogens is 2. The molecule has 1 aromatic carbocycles. The maximum atomic E-state index is 13.8. The summed E-state index contributed by atoms with van der Waals surface area (Å²) >= 11 is 0. The highest BCUT2D eigenvalue weighted by molar-refractivity contribution is 5.78. The monoisotopic (exact) mass is 337 g/mol. The quantitative estimate of drug-likeness (QED) is 0.838. The van der Waals surface area contributed by atoms with Gasteiger partial charge in [-0.3, -0.25) is 4.79 Å². The predicted octanol–water partition coefficient (Wildman–Crippen LogP) is 2.50. The highest BCUT2D eigenvalue weighted by Gasteiger charge is 2.49. The van der Waals surface area contributed by atoms with Crippen molar-refractivity contribution < 1.29 is 22.7 Å². The average molecular weight is 337 g/mol. The van der Waals surface area contributed by atoms with Crippen molar-refractivity contribution in [1.82, 2.24) is 15.1 Å². The Morgan fingerprint density at radius 3 is 2.79 bits per heavy atom. The first-order valence-electron chi connectivity index (χ1n) is 7.53. The molecule has 0 saturated carbocycles. The van der Waals surface area contributed by atoms with Crippen LogP contribution in [-0.2, 0) is 16.1 Å². The van der Waals surface area contributed by atoms with Crippen LogP contribution >= 0.6 is 0 Å². The molecule has 128 valence electrons. The number of nitrogens with zero attached hydrogens (tertiary/aromatic N) is 3. The lowest BCUT2D eigenvalue weighted by Gasteiger charge is -2.21. The summed E-state index contributed by atoms with van der Waals surface area (Å²) in [6.07, 6.45) is -0.529. The van der Waals surface area contributed by atoms with Crippen LogP contribution in [0.4, 0.5) is 8.78 Å². The summed E-state index contributed by atoms with van der Waals surface area (Å²) in [5.74, 6) is -3.21. The summed E-state index contributed by atoms with van der Waals surface area (Å²) in [6, 6.07) is 8.38. The van der Waals surface area contributed by atoms with Gasteiger partial charge in [0.25, 0.3) is 5.92 Å². The molecule has 1 aliphatic rings. The van der Waals surface area contributed by atoms with E-state index in [2.05, 4.69) is 10.2 Å². The second-order valence-corrected chi connectivity index (χ2v) is 5.74. The number of likely N-dealkylation sites (tertiary alicyclic amines) is 1. The van der Waals surface area contributed by atoms with Gasteiger partial charge in [-0.1, -0.05) is 30.3 Å². The van der Waals surface area contributed by atoms with Crippen LogP contribution in [-0.4, -0.2) is 40.1 Å². The van der Waals surface area contributed by atoms with Gasteiger partial charge in [-0.15, -0.1) is 10.2 Å². The van der Waals surface area contributed by atoms with E-state index in [1.807, 2.05) is 30.3 Å². The van der Waals surface area contributed by atoms with E-state index < -0.39 is 30.8 Å². The van der Waals surface area contributed by atoms with Crippen LogP contribution in [0, 0.1) is 6.92 Å². The molecule has 8 heteroatoms. The third kappa shape index (κ3) is 3.76. The molecule has 2 aromatic rings. The first-order chi connectivity index (χ1) is 11.4. The SMILES string of the molecule is Cc1nnc([C@@H]2CC(F)(F)CN2C(=O)COCc2ccccc2)o1. The summed E-state index contributed by atoms with van der Waals surface area (Å²) in [7, 11) is 0. The van der Waals surface area contributed by atoms with Crippen molar-refractivity contribution in [3.63, 3.8) is 0 Å². The molecule has 1 atom stereocenters. The zero-order valence-electron chi connectivity index (χ0n) is 13.1. The summed E-state index contributed by atoms with van der Waals surface area (Å²) in [5, 5.41) is 7.41. The molecule has 0 N–H and O–H groups in total. The molecule has 0 spiro atoms. The topological polar surface area (TPSA) is 68.5 Å². The molecule has 2 heterocycles. The van der Waals surface area contributed by atoms with E-state index in [4.69, 9.17) is 9.15 Å². The number of hydrogen-bond acceptors (Lipinski definition) is 5. The van der Waals surface area contributed by atoms with Crippen LogP contribution in [0.1, 0.15) is 29.8 Å². The first kappa shape index (κ1) is 16.5. The van der Waals surface area contributed by atoms with Gasteiger partial charge >= 0.3 is 0 Å². The second kappa shape index (κ2) is 6.64. The zero-order chi connectivity index (χ0) is 17.2. The highest BCUT2D eigenvalue weighted by atomic mass is 19.3. The smallest absolute Gasteiger partial charge is 0.267 e. The van der Waals surface area contributed by atoms with Crippen molar-refractivity contribution in [2.75, 3.05) is 13.2 Å². The standard InChI is InChI=1S/C16H17F2N3O3/c1-11-19-20-15(24-11)13-7-16(17,18)10-21(13)14(22)9-23-8-12-5-3-2-4-6-12/h2-6,13H,7-10H2,1H3/t13-/m0/s1. The maximum Gasteiger partial charge on any atom is 0.267 e. The Labute approximate surface area is 137 Å². The molecule has 1 saturated heterocycles. The van der Waals surface area contributed by atoms with E-state index >= 15 is 0 Å². The van der Waals surface area contributed by atoms with Crippen LogP contribution < -0.4 is 0 Å². The molecule has 3 rings (SSSR count). The van der Waals surface area contributed by atoms with Crippen LogP contribution in [0.25, 0.3) is 0 Å². The van der Waals surface area contributed by atoms with Gasteiger partial charge in [0, 0.05) is 13.3 Å². The number of benzene rings is 1. The lowest BCUT2D eigenvalue weighted by Crippen LogP contribution is -2.35. The molecule has 6 nitrogen and oxygen atoms in total.